The zero-order valence-electron chi connectivity index (χ0n) is 11.3. The molecule has 1 amide bonds. The van der Waals surface area contributed by atoms with Gasteiger partial charge in [0.05, 0.1) is 12.0 Å². The van der Waals surface area contributed by atoms with Gasteiger partial charge in [-0.2, -0.15) is 13.2 Å². The van der Waals surface area contributed by atoms with Crippen molar-refractivity contribution < 1.29 is 18.0 Å². The highest BCUT2D eigenvalue weighted by Gasteiger charge is 2.41. The third kappa shape index (κ3) is 4.81. The smallest absolute Gasteiger partial charge is 0.352 e. The SMILES string of the molecule is Cl.O=C(NC1CCC(C(F)(F)F)CC1)[C@H]1CCCCN1. The van der Waals surface area contributed by atoms with Crippen LogP contribution in [-0.2, 0) is 4.79 Å². The van der Waals surface area contributed by atoms with Crippen molar-refractivity contribution in [1.29, 1.82) is 0 Å². The molecule has 1 saturated carbocycles. The van der Waals surface area contributed by atoms with E-state index in [-0.39, 0.29) is 43.2 Å². The van der Waals surface area contributed by atoms with Crippen molar-refractivity contribution in [2.45, 2.75) is 63.2 Å². The number of alkyl halides is 3. The first-order valence-corrected chi connectivity index (χ1v) is 7.07. The molecule has 0 bridgehead atoms. The molecule has 2 fully saturated rings. The summed E-state index contributed by atoms with van der Waals surface area (Å²) in [6.45, 7) is 0.846. The van der Waals surface area contributed by atoms with Crippen LogP contribution in [0.3, 0.4) is 0 Å². The summed E-state index contributed by atoms with van der Waals surface area (Å²) in [6, 6.07) is -0.246. The topological polar surface area (TPSA) is 41.1 Å². The van der Waals surface area contributed by atoms with Crippen LogP contribution in [0.1, 0.15) is 44.9 Å². The summed E-state index contributed by atoms with van der Waals surface area (Å²) < 4.78 is 37.6. The minimum atomic E-state index is -4.08. The van der Waals surface area contributed by atoms with Crippen molar-refractivity contribution in [3.05, 3.63) is 0 Å². The van der Waals surface area contributed by atoms with Gasteiger partial charge in [-0.3, -0.25) is 4.79 Å². The van der Waals surface area contributed by atoms with E-state index in [1.807, 2.05) is 0 Å². The quantitative estimate of drug-likeness (QED) is 0.823. The first-order chi connectivity index (χ1) is 8.97. The van der Waals surface area contributed by atoms with Crippen molar-refractivity contribution in [2.24, 2.45) is 5.92 Å². The molecule has 2 rings (SSSR count). The van der Waals surface area contributed by atoms with Crippen molar-refractivity contribution in [1.82, 2.24) is 10.6 Å². The molecule has 1 aliphatic carbocycles. The number of carbonyl (C=O) groups is 1. The minimum absolute atomic E-state index is 0. The number of hydrogen-bond acceptors (Lipinski definition) is 2. The normalized spacial score (nSPS) is 31.2. The molecule has 0 radical (unpaired) electrons. The highest BCUT2D eigenvalue weighted by molar-refractivity contribution is 5.85. The molecule has 2 N–H and O–H groups in total. The van der Waals surface area contributed by atoms with E-state index in [4.69, 9.17) is 0 Å². The molecule has 7 heteroatoms. The van der Waals surface area contributed by atoms with E-state index >= 15 is 0 Å². The van der Waals surface area contributed by atoms with Crippen LogP contribution in [0.2, 0.25) is 0 Å². The van der Waals surface area contributed by atoms with Gasteiger partial charge in [-0.05, 0) is 45.1 Å². The van der Waals surface area contributed by atoms with Gasteiger partial charge in [0.1, 0.15) is 0 Å². The maximum atomic E-state index is 12.5. The van der Waals surface area contributed by atoms with Gasteiger partial charge in [-0.15, -0.1) is 12.4 Å². The van der Waals surface area contributed by atoms with E-state index < -0.39 is 12.1 Å². The zero-order valence-corrected chi connectivity index (χ0v) is 12.2. The molecule has 1 aliphatic heterocycles. The molecule has 0 aromatic carbocycles. The molecule has 20 heavy (non-hydrogen) atoms. The van der Waals surface area contributed by atoms with Crippen molar-refractivity contribution >= 4 is 18.3 Å². The molecule has 1 atom stereocenters. The van der Waals surface area contributed by atoms with Crippen molar-refractivity contribution in [3.8, 4) is 0 Å². The summed E-state index contributed by atoms with van der Waals surface area (Å²) >= 11 is 0. The van der Waals surface area contributed by atoms with Gasteiger partial charge in [0, 0.05) is 6.04 Å². The highest BCUT2D eigenvalue weighted by atomic mass is 35.5. The number of piperidine rings is 1. The van der Waals surface area contributed by atoms with E-state index in [1.165, 1.54) is 0 Å². The van der Waals surface area contributed by atoms with Crippen LogP contribution in [0, 0.1) is 5.92 Å². The van der Waals surface area contributed by atoms with Crippen LogP contribution >= 0.6 is 12.4 Å². The van der Waals surface area contributed by atoms with Crippen LogP contribution in [0.25, 0.3) is 0 Å². The summed E-state index contributed by atoms with van der Waals surface area (Å²) in [7, 11) is 0. The molecule has 2 aliphatic rings. The summed E-state index contributed by atoms with van der Waals surface area (Å²) in [6.07, 6.45) is -0.0135. The first kappa shape index (κ1) is 17.6. The van der Waals surface area contributed by atoms with Crippen molar-refractivity contribution in [3.63, 3.8) is 0 Å². The molecule has 1 saturated heterocycles. The number of amides is 1. The van der Waals surface area contributed by atoms with Crippen LogP contribution in [0.4, 0.5) is 13.2 Å². The lowest BCUT2D eigenvalue weighted by atomic mass is 9.85. The number of hydrogen-bond donors (Lipinski definition) is 2. The van der Waals surface area contributed by atoms with Gasteiger partial charge in [0.25, 0.3) is 0 Å². The fourth-order valence-electron chi connectivity index (χ4n) is 2.94. The van der Waals surface area contributed by atoms with Gasteiger partial charge in [-0.1, -0.05) is 6.42 Å². The zero-order chi connectivity index (χ0) is 13.9. The van der Waals surface area contributed by atoms with E-state index in [0.29, 0.717) is 12.8 Å². The lowest BCUT2D eigenvalue weighted by Gasteiger charge is -2.32. The summed E-state index contributed by atoms with van der Waals surface area (Å²) in [5.41, 5.74) is 0. The Labute approximate surface area is 123 Å². The second-order valence-electron chi connectivity index (χ2n) is 5.60. The fourth-order valence-corrected chi connectivity index (χ4v) is 2.94. The predicted octanol–water partition coefficient (Wildman–Crippen LogP) is 2.79. The fraction of sp³-hybridized carbons (Fsp3) is 0.923. The Morgan fingerprint density at radius 2 is 1.70 bits per heavy atom. The molecule has 0 spiro atoms. The monoisotopic (exact) mass is 314 g/mol. The predicted molar refractivity (Wildman–Crippen MR) is 72.8 cm³/mol. The lowest BCUT2D eigenvalue weighted by Crippen LogP contribution is -2.50. The van der Waals surface area contributed by atoms with Gasteiger partial charge in [0.15, 0.2) is 0 Å². The first-order valence-electron chi connectivity index (χ1n) is 7.07. The second-order valence-corrected chi connectivity index (χ2v) is 5.60. The maximum Gasteiger partial charge on any atom is 0.391 e. The van der Waals surface area contributed by atoms with Crippen LogP contribution < -0.4 is 10.6 Å². The van der Waals surface area contributed by atoms with Crippen LogP contribution in [0.5, 0.6) is 0 Å². The second kappa shape index (κ2) is 7.50. The Morgan fingerprint density at radius 3 is 2.20 bits per heavy atom. The Kier molecular flexibility index (Phi) is 6.58. The number of rotatable bonds is 2. The number of nitrogens with one attached hydrogen (secondary N) is 2. The average Bonchev–Trinajstić information content (AvgIpc) is 2.39. The number of halogens is 4. The number of carbonyl (C=O) groups excluding carboxylic acids is 1. The molecular formula is C13H22ClF3N2O. The summed E-state index contributed by atoms with van der Waals surface area (Å²) in [5, 5.41) is 6.04. The third-order valence-corrected chi connectivity index (χ3v) is 4.16. The van der Waals surface area contributed by atoms with Gasteiger partial charge >= 0.3 is 6.18 Å². The van der Waals surface area contributed by atoms with Gasteiger partial charge in [0.2, 0.25) is 5.91 Å². The summed E-state index contributed by atoms with van der Waals surface area (Å²) in [4.78, 5) is 11.9. The van der Waals surface area contributed by atoms with E-state index in [9.17, 15) is 18.0 Å². The van der Waals surface area contributed by atoms with Crippen LogP contribution in [-0.4, -0.2) is 30.7 Å². The molecular weight excluding hydrogens is 293 g/mol. The molecule has 0 aromatic heterocycles. The van der Waals surface area contributed by atoms with Gasteiger partial charge in [-0.25, -0.2) is 0 Å². The Morgan fingerprint density at radius 1 is 1.05 bits per heavy atom. The standard InChI is InChI=1S/C13H21F3N2O.ClH/c14-13(15,16)9-4-6-10(7-5-9)18-12(19)11-3-1-2-8-17-11;/h9-11,17H,1-8H2,(H,18,19);1H/t9?,10?,11-;/m1./s1. The maximum absolute atomic E-state index is 12.5. The van der Waals surface area contributed by atoms with E-state index in [0.717, 1.165) is 25.8 Å². The molecule has 3 nitrogen and oxygen atoms in total. The molecule has 1 heterocycles. The van der Waals surface area contributed by atoms with Gasteiger partial charge < -0.3 is 10.6 Å². The largest absolute Gasteiger partial charge is 0.391 e. The average molecular weight is 315 g/mol. The minimum Gasteiger partial charge on any atom is -0.352 e. The Bertz CT molecular complexity index is 311. The van der Waals surface area contributed by atoms with Crippen LogP contribution in [0.15, 0.2) is 0 Å². The summed E-state index contributed by atoms with van der Waals surface area (Å²) in [5.74, 6) is -1.23. The third-order valence-electron chi connectivity index (χ3n) is 4.16. The highest BCUT2D eigenvalue weighted by Crippen LogP contribution is 2.37. The Hall–Kier alpha value is -0.490. The van der Waals surface area contributed by atoms with E-state index in [2.05, 4.69) is 10.6 Å². The van der Waals surface area contributed by atoms with E-state index in [1.54, 1.807) is 0 Å². The van der Waals surface area contributed by atoms with Crippen molar-refractivity contribution in [2.75, 3.05) is 6.54 Å². The molecule has 0 unspecified atom stereocenters. The lowest BCUT2D eigenvalue weighted by molar-refractivity contribution is -0.182. The molecule has 0 aromatic rings. The Balaban J connectivity index is 0.00000200. The molecule has 118 valence electrons.